The minimum Gasteiger partial charge on any atom is -1.00 e. The topological polar surface area (TPSA) is 64.0 Å². The highest BCUT2D eigenvalue weighted by atomic mass is 35.5. The number of hydrogen-bond acceptors (Lipinski definition) is 2. The Morgan fingerprint density at radius 3 is 2.29 bits per heavy atom. The Morgan fingerprint density at radius 2 is 1.71 bits per heavy atom. The molecule has 0 unspecified atom stereocenters. The summed E-state index contributed by atoms with van der Waals surface area (Å²) in [5.74, 6) is 0. The van der Waals surface area contributed by atoms with Gasteiger partial charge >= 0.3 is 0 Å². The van der Waals surface area contributed by atoms with Gasteiger partial charge in [-0.2, -0.15) is 4.57 Å². The quantitative estimate of drug-likeness (QED) is 0.730. The number of hydrogen-bond donors (Lipinski definition) is 1. The average molecular weight is 388 g/mol. The van der Waals surface area contributed by atoms with E-state index >= 15 is 0 Å². The van der Waals surface area contributed by atoms with Crippen molar-refractivity contribution in [3.63, 3.8) is 0 Å². The van der Waals surface area contributed by atoms with Gasteiger partial charge in [0.25, 0.3) is 0 Å². The summed E-state index contributed by atoms with van der Waals surface area (Å²) in [5, 5.41) is 6.07. The number of aromatic nitrogens is 1. The van der Waals surface area contributed by atoms with Crippen LogP contribution in [-0.2, 0) is 10.0 Å². The predicted octanol–water partition coefficient (Wildman–Crippen LogP) is -0.117. The number of pyridine rings is 1. The lowest BCUT2D eigenvalue weighted by molar-refractivity contribution is -0.597. The molecule has 0 amide bonds. The highest BCUT2D eigenvalue weighted by molar-refractivity contribution is 7.89. The lowest BCUT2D eigenvalue weighted by Crippen LogP contribution is -3.00. The third-order valence-electron chi connectivity index (χ3n) is 2.69. The number of benzene rings is 1. The van der Waals surface area contributed by atoms with Gasteiger partial charge in [0.2, 0.25) is 15.7 Å². The van der Waals surface area contributed by atoms with Crippen molar-refractivity contribution in [3.8, 4) is 5.69 Å². The summed E-state index contributed by atoms with van der Waals surface area (Å²) in [6.07, 6.45) is 2.90. The van der Waals surface area contributed by atoms with Gasteiger partial charge in [-0.1, -0.05) is 34.8 Å². The van der Waals surface area contributed by atoms with Gasteiger partial charge in [-0.25, -0.2) is 13.6 Å². The summed E-state index contributed by atoms with van der Waals surface area (Å²) in [5.41, 5.74) is 1.39. The van der Waals surface area contributed by atoms with Crippen LogP contribution in [0.5, 0.6) is 0 Å². The van der Waals surface area contributed by atoms with E-state index in [4.69, 9.17) is 39.9 Å². The molecule has 0 bridgehead atoms. The summed E-state index contributed by atoms with van der Waals surface area (Å²) in [7, 11) is -3.92. The molecule has 0 saturated heterocycles. The standard InChI is InChI=1S/C12H10Cl3N2O2S.ClH/c1-7-4-11(10(15)5-9(7)14)17-3-2-8(13)12(6-17)20(16,18)19;/h2-6H,1H3,(H2,16,18,19);1H/q+1;/p-1. The molecule has 2 aromatic rings. The van der Waals surface area contributed by atoms with Gasteiger partial charge in [0.15, 0.2) is 17.3 Å². The van der Waals surface area contributed by atoms with Crippen molar-refractivity contribution in [2.75, 3.05) is 0 Å². The van der Waals surface area contributed by atoms with Crippen LogP contribution in [0, 0.1) is 6.92 Å². The Hall–Kier alpha value is -0.560. The van der Waals surface area contributed by atoms with Gasteiger partial charge < -0.3 is 12.4 Å². The minimum atomic E-state index is -3.92. The molecular formula is C12H10Cl4N2O2S. The first-order chi connectivity index (χ1) is 9.20. The number of primary sulfonamides is 1. The highest BCUT2D eigenvalue weighted by Crippen LogP contribution is 2.26. The molecular weight excluding hydrogens is 378 g/mol. The van der Waals surface area contributed by atoms with Gasteiger partial charge in [-0.3, -0.25) is 0 Å². The van der Waals surface area contributed by atoms with E-state index in [0.29, 0.717) is 15.7 Å². The van der Waals surface area contributed by atoms with Crippen molar-refractivity contribution in [2.45, 2.75) is 11.8 Å². The molecule has 0 aliphatic heterocycles. The van der Waals surface area contributed by atoms with Crippen LogP contribution in [-0.4, -0.2) is 8.42 Å². The monoisotopic (exact) mass is 386 g/mol. The van der Waals surface area contributed by atoms with E-state index in [1.165, 1.54) is 16.8 Å². The van der Waals surface area contributed by atoms with Crippen LogP contribution in [0.4, 0.5) is 0 Å². The van der Waals surface area contributed by atoms with Gasteiger partial charge in [0.1, 0.15) is 5.02 Å². The van der Waals surface area contributed by atoms with Gasteiger partial charge in [-0.05, 0) is 18.6 Å². The van der Waals surface area contributed by atoms with Crippen molar-refractivity contribution in [2.24, 2.45) is 5.14 Å². The van der Waals surface area contributed by atoms with E-state index < -0.39 is 10.0 Å². The molecule has 0 atom stereocenters. The number of halogens is 4. The third kappa shape index (κ3) is 4.00. The molecule has 2 N–H and O–H groups in total. The van der Waals surface area contributed by atoms with Crippen LogP contribution in [0.15, 0.2) is 35.5 Å². The number of nitrogens with two attached hydrogens (primary N) is 1. The van der Waals surface area contributed by atoms with Crippen molar-refractivity contribution in [3.05, 3.63) is 51.2 Å². The van der Waals surface area contributed by atoms with Crippen molar-refractivity contribution in [1.82, 2.24) is 0 Å². The van der Waals surface area contributed by atoms with Crippen LogP contribution >= 0.6 is 34.8 Å². The van der Waals surface area contributed by atoms with E-state index in [0.717, 1.165) is 5.56 Å². The molecule has 21 heavy (non-hydrogen) atoms. The number of rotatable bonds is 2. The van der Waals surface area contributed by atoms with E-state index in [2.05, 4.69) is 0 Å². The Labute approximate surface area is 143 Å². The summed E-state index contributed by atoms with van der Waals surface area (Å²) < 4.78 is 24.5. The Morgan fingerprint density at radius 1 is 1.10 bits per heavy atom. The molecule has 0 radical (unpaired) electrons. The van der Waals surface area contributed by atoms with E-state index in [9.17, 15) is 8.42 Å². The Bertz CT molecular complexity index is 794. The number of sulfonamides is 1. The lowest BCUT2D eigenvalue weighted by atomic mass is 10.2. The van der Waals surface area contributed by atoms with Crippen LogP contribution in [0.2, 0.25) is 15.1 Å². The van der Waals surface area contributed by atoms with Crippen molar-refractivity contribution in [1.29, 1.82) is 0 Å². The summed E-state index contributed by atoms with van der Waals surface area (Å²) in [6, 6.07) is 4.76. The first-order valence-electron chi connectivity index (χ1n) is 5.40. The summed E-state index contributed by atoms with van der Waals surface area (Å²) >= 11 is 17.9. The molecule has 1 heterocycles. The van der Waals surface area contributed by atoms with Gasteiger partial charge in [0.05, 0.1) is 5.02 Å². The fourth-order valence-corrected chi connectivity index (χ4v) is 3.17. The molecule has 2 rings (SSSR count). The molecule has 9 heteroatoms. The van der Waals surface area contributed by atoms with Crippen LogP contribution < -0.4 is 22.1 Å². The first kappa shape index (κ1) is 18.5. The van der Waals surface area contributed by atoms with Crippen molar-refractivity contribution < 1.29 is 25.4 Å². The third-order valence-corrected chi connectivity index (χ3v) is 4.78. The molecule has 0 aliphatic rings. The Kier molecular flexibility index (Phi) is 5.89. The van der Waals surface area contributed by atoms with Gasteiger partial charge in [-0.15, -0.1) is 0 Å². The van der Waals surface area contributed by atoms with Crippen LogP contribution in [0.1, 0.15) is 5.56 Å². The lowest BCUT2D eigenvalue weighted by Gasteiger charge is -2.04. The average Bonchev–Trinajstić information content (AvgIpc) is 2.33. The molecule has 4 nitrogen and oxygen atoms in total. The second kappa shape index (κ2) is 6.69. The first-order valence-corrected chi connectivity index (χ1v) is 8.08. The molecule has 1 aromatic carbocycles. The molecule has 0 aliphatic carbocycles. The van der Waals surface area contributed by atoms with E-state index in [1.54, 1.807) is 18.3 Å². The maximum Gasteiger partial charge on any atom is 0.245 e. The molecule has 0 fully saturated rings. The molecule has 114 valence electrons. The zero-order valence-corrected chi connectivity index (χ0v) is 14.5. The molecule has 1 aromatic heterocycles. The molecule has 0 spiro atoms. The normalized spacial score (nSPS) is 11.1. The smallest absolute Gasteiger partial charge is 0.245 e. The fraction of sp³-hybridized carbons (Fsp3) is 0.0833. The summed E-state index contributed by atoms with van der Waals surface area (Å²) in [6.45, 7) is 1.82. The Balaban J connectivity index is 0.00000220. The minimum absolute atomic E-state index is 0. The van der Waals surface area contributed by atoms with E-state index in [-0.39, 0.29) is 22.3 Å². The van der Waals surface area contributed by atoms with Gasteiger partial charge in [0, 0.05) is 17.2 Å². The second-order valence-corrected chi connectivity index (χ2v) is 6.91. The summed E-state index contributed by atoms with van der Waals surface area (Å²) in [4.78, 5) is -0.176. The largest absolute Gasteiger partial charge is 1.00 e. The fourth-order valence-electron chi connectivity index (χ4n) is 1.66. The predicted molar refractivity (Wildman–Crippen MR) is 79.1 cm³/mol. The number of nitrogens with zero attached hydrogens (tertiary/aromatic N) is 1. The van der Waals surface area contributed by atoms with Crippen LogP contribution in [0.25, 0.3) is 5.69 Å². The van der Waals surface area contributed by atoms with E-state index in [1.807, 2.05) is 6.92 Å². The molecule has 0 saturated carbocycles. The van der Waals surface area contributed by atoms with Crippen molar-refractivity contribution >= 4 is 44.8 Å². The zero-order valence-electron chi connectivity index (χ0n) is 10.6. The SMILES string of the molecule is Cc1cc(-[n+]2ccc(Cl)c(S(N)(=O)=O)c2)c(Cl)cc1Cl.[Cl-]. The zero-order chi connectivity index (χ0) is 15.1. The second-order valence-electron chi connectivity index (χ2n) is 4.16. The number of aryl methyl sites for hydroxylation is 1. The maximum atomic E-state index is 11.5. The van der Waals surface area contributed by atoms with Crippen LogP contribution in [0.3, 0.4) is 0 Å². The highest BCUT2D eigenvalue weighted by Gasteiger charge is 2.21. The maximum absolute atomic E-state index is 11.5.